The van der Waals surface area contributed by atoms with Crippen LogP contribution in [0.4, 0.5) is 0 Å². The molecule has 1 unspecified atom stereocenters. The van der Waals surface area contributed by atoms with Gasteiger partial charge in [-0.05, 0) is 39.3 Å². The average Bonchev–Trinajstić information content (AvgIpc) is 2.16. The van der Waals surface area contributed by atoms with E-state index in [2.05, 4.69) is 18.7 Å². The van der Waals surface area contributed by atoms with Gasteiger partial charge in [0.2, 0.25) is 5.91 Å². The van der Waals surface area contributed by atoms with Crippen LogP contribution in [0.3, 0.4) is 0 Å². The predicted octanol–water partition coefficient (Wildman–Crippen LogP) is 1.59. The summed E-state index contributed by atoms with van der Waals surface area (Å²) in [6.45, 7) is 5.93. The zero-order valence-corrected chi connectivity index (χ0v) is 10.5. The SMILES string of the molecule is CC(C)C1CCCCN1C(=O)CN(C)C. The number of nitrogens with zero attached hydrogens (tertiary/aromatic N) is 2. The van der Waals surface area contributed by atoms with Gasteiger partial charge < -0.3 is 9.80 Å². The van der Waals surface area contributed by atoms with Gasteiger partial charge in [-0.2, -0.15) is 0 Å². The normalized spacial score (nSPS) is 22.5. The van der Waals surface area contributed by atoms with Gasteiger partial charge in [-0.3, -0.25) is 4.79 Å². The van der Waals surface area contributed by atoms with E-state index in [-0.39, 0.29) is 0 Å². The lowest BCUT2D eigenvalue weighted by molar-refractivity contribution is -0.136. The lowest BCUT2D eigenvalue weighted by Gasteiger charge is -2.38. The monoisotopic (exact) mass is 212 g/mol. The van der Waals surface area contributed by atoms with Crippen molar-refractivity contribution in [2.45, 2.75) is 39.2 Å². The van der Waals surface area contributed by atoms with Gasteiger partial charge in [-0.1, -0.05) is 13.8 Å². The molecule has 0 aromatic rings. The molecule has 1 fully saturated rings. The first-order chi connectivity index (χ1) is 7.02. The summed E-state index contributed by atoms with van der Waals surface area (Å²) in [6.07, 6.45) is 3.62. The molecule has 1 heterocycles. The zero-order chi connectivity index (χ0) is 11.4. The smallest absolute Gasteiger partial charge is 0.236 e. The van der Waals surface area contributed by atoms with E-state index in [9.17, 15) is 4.79 Å². The second kappa shape index (κ2) is 5.50. The number of likely N-dealkylation sites (N-methyl/N-ethyl adjacent to an activating group) is 1. The Labute approximate surface area is 93.4 Å². The minimum absolute atomic E-state index is 0.290. The van der Waals surface area contributed by atoms with E-state index in [4.69, 9.17) is 0 Å². The van der Waals surface area contributed by atoms with Crippen LogP contribution in [0, 0.1) is 5.92 Å². The van der Waals surface area contributed by atoms with E-state index in [1.807, 2.05) is 19.0 Å². The van der Waals surface area contributed by atoms with Crippen LogP contribution in [0.2, 0.25) is 0 Å². The first-order valence-electron chi connectivity index (χ1n) is 5.96. The van der Waals surface area contributed by atoms with Crippen LogP contribution in [-0.2, 0) is 4.79 Å². The summed E-state index contributed by atoms with van der Waals surface area (Å²) < 4.78 is 0. The van der Waals surface area contributed by atoms with Crippen LogP contribution < -0.4 is 0 Å². The largest absolute Gasteiger partial charge is 0.338 e. The Bertz CT molecular complexity index is 214. The fourth-order valence-corrected chi connectivity index (χ4v) is 2.32. The highest BCUT2D eigenvalue weighted by Crippen LogP contribution is 2.23. The van der Waals surface area contributed by atoms with E-state index in [0.717, 1.165) is 6.54 Å². The van der Waals surface area contributed by atoms with Gasteiger partial charge >= 0.3 is 0 Å². The molecule has 0 bridgehead atoms. The zero-order valence-electron chi connectivity index (χ0n) is 10.5. The highest BCUT2D eigenvalue weighted by Gasteiger charge is 2.28. The molecule has 1 saturated heterocycles. The van der Waals surface area contributed by atoms with Crippen molar-refractivity contribution in [2.75, 3.05) is 27.2 Å². The molecular weight excluding hydrogens is 188 g/mol. The molecule has 0 aromatic carbocycles. The van der Waals surface area contributed by atoms with E-state index >= 15 is 0 Å². The Morgan fingerprint density at radius 1 is 1.40 bits per heavy atom. The highest BCUT2D eigenvalue weighted by molar-refractivity contribution is 5.78. The molecule has 1 atom stereocenters. The molecule has 3 heteroatoms. The molecule has 1 aliphatic rings. The van der Waals surface area contributed by atoms with Crippen molar-refractivity contribution < 1.29 is 4.79 Å². The quantitative estimate of drug-likeness (QED) is 0.709. The fourth-order valence-electron chi connectivity index (χ4n) is 2.32. The third kappa shape index (κ3) is 3.49. The topological polar surface area (TPSA) is 23.6 Å². The molecule has 0 spiro atoms. The van der Waals surface area contributed by atoms with Gasteiger partial charge in [-0.25, -0.2) is 0 Å². The number of carbonyl (C=O) groups excluding carboxylic acids is 1. The van der Waals surface area contributed by atoms with Crippen molar-refractivity contribution in [3.63, 3.8) is 0 Å². The second-order valence-corrected chi connectivity index (χ2v) is 5.13. The summed E-state index contributed by atoms with van der Waals surface area (Å²) in [5.41, 5.74) is 0. The number of likely N-dealkylation sites (tertiary alicyclic amines) is 1. The van der Waals surface area contributed by atoms with Gasteiger partial charge in [0.1, 0.15) is 0 Å². The summed E-state index contributed by atoms with van der Waals surface area (Å²) in [4.78, 5) is 16.1. The number of carbonyl (C=O) groups is 1. The van der Waals surface area contributed by atoms with Crippen molar-refractivity contribution in [3.8, 4) is 0 Å². The number of piperidine rings is 1. The standard InChI is InChI=1S/C12H24N2O/c1-10(2)11-7-5-6-8-14(11)12(15)9-13(3)4/h10-11H,5-9H2,1-4H3. The van der Waals surface area contributed by atoms with Crippen LogP contribution in [0.25, 0.3) is 0 Å². The molecule has 0 aliphatic carbocycles. The van der Waals surface area contributed by atoms with E-state index in [0.29, 0.717) is 24.4 Å². The molecule has 1 rings (SSSR count). The molecule has 0 N–H and O–H groups in total. The highest BCUT2D eigenvalue weighted by atomic mass is 16.2. The molecule has 0 aromatic heterocycles. The van der Waals surface area contributed by atoms with E-state index in [1.165, 1.54) is 19.3 Å². The molecule has 1 amide bonds. The third-order valence-corrected chi connectivity index (χ3v) is 3.09. The fraction of sp³-hybridized carbons (Fsp3) is 0.917. The Kier molecular flexibility index (Phi) is 4.58. The molecule has 3 nitrogen and oxygen atoms in total. The number of amides is 1. The van der Waals surface area contributed by atoms with Crippen molar-refractivity contribution in [2.24, 2.45) is 5.92 Å². The second-order valence-electron chi connectivity index (χ2n) is 5.13. The van der Waals surface area contributed by atoms with E-state index < -0.39 is 0 Å². The Morgan fingerprint density at radius 3 is 2.60 bits per heavy atom. The molecule has 1 aliphatic heterocycles. The Morgan fingerprint density at radius 2 is 2.07 bits per heavy atom. The van der Waals surface area contributed by atoms with Crippen LogP contribution in [0.1, 0.15) is 33.1 Å². The van der Waals surface area contributed by atoms with Gasteiger partial charge in [0.25, 0.3) is 0 Å². The minimum atomic E-state index is 0.290. The predicted molar refractivity (Wildman–Crippen MR) is 62.7 cm³/mol. The number of hydrogen-bond acceptors (Lipinski definition) is 2. The maximum atomic E-state index is 12.0. The van der Waals surface area contributed by atoms with Gasteiger partial charge in [-0.15, -0.1) is 0 Å². The minimum Gasteiger partial charge on any atom is -0.338 e. The summed E-state index contributed by atoms with van der Waals surface area (Å²) in [5.74, 6) is 0.870. The van der Waals surface area contributed by atoms with Gasteiger partial charge in [0, 0.05) is 12.6 Å². The first kappa shape index (κ1) is 12.5. The van der Waals surface area contributed by atoms with Gasteiger partial charge in [0.15, 0.2) is 0 Å². The molecule has 0 radical (unpaired) electrons. The number of hydrogen-bond donors (Lipinski definition) is 0. The first-order valence-corrected chi connectivity index (χ1v) is 5.96. The third-order valence-electron chi connectivity index (χ3n) is 3.09. The van der Waals surface area contributed by atoms with Crippen molar-refractivity contribution in [1.82, 2.24) is 9.80 Å². The summed E-state index contributed by atoms with van der Waals surface area (Å²) in [6, 6.07) is 0.464. The van der Waals surface area contributed by atoms with Gasteiger partial charge in [0.05, 0.1) is 6.54 Å². The van der Waals surface area contributed by atoms with Crippen molar-refractivity contribution >= 4 is 5.91 Å². The number of rotatable bonds is 3. The lowest BCUT2D eigenvalue weighted by Crippen LogP contribution is -2.49. The molecular formula is C12H24N2O. The average molecular weight is 212 g/mol. The van der Waals surface area contributed by atoms with Crippen LogP contribution in [0.15, 0.2) is 0 Å². The summed E-state index contributed by atoms with van der Waals surface area (Å²) >= 11 is 0. The van der Waals surface area contributed by atoms with E-state index in [1.54, 1.807) is 0 Å². The van der Waals surface area contributed by atoms with Crippen LogP contribution >= 0.6 is 0 Å². The van der Waals surface area contributed by atoms with Crippen LogP contribution in [0.5, 0.6) is 0 Å². The maximum absolute atomic E-state index is 12.0. The molecule has 0 saturated carbocycles. The summed E-state index contributed by atoms with van der Waals surface area (Å²) in [7, 11) is 3.90. The maximum Gasteiger partial charge on any atom is 0.236 e. The van der Waals surface area contributed by atoms with Crippen LogP contribution in [-0.4, -0.2) is 48.9 Å². The molecule has 15 heavy (non-hydrogen) atoms. The Balaban J connectivity index is 2.59. The van der Waals surface area contributed by atoms with Crippen molar-refractivity contribution in [3.05, 3.63) is 0 Å². The van der Waals surface area contributed by atoms with Crippen molar-refractivity contribution in [1.29, 1.82) is 0 Å². The molecule has 88 valence electrons. The lowest BCUT2D eigenvalue weighted by atomic mass is 9.93. The summed E-state index contributed by atoms with van der Waals surface area (Å²) in [5, 5.41) is 0. The Hall–Kier alpha value is -0.570.